The molecule has 0 unspecified atom stereocenters. The number of alkyl halides is 2. The number of fused-ring (bicyclic) bond motifs is 1. The van der Waals surface area contributed by atoms with Crippen LogP contribution in [0.25, 0.3) is 6.08 Å². The number of halogens is 2. The largest absolute Gasteiger partial charge is 0.507 e. The zero-order chi connectivity index (χ0) is 21.7. The summed E-state index contributed by atoms with van der Waals surface area (Å²) < 4.78 is 34.6. The molecule has 0 bridgehead atoms. The molecule has 0 amide bonds. The molecule has 1 aliphatic heterocycles. The summed E-state index contributed by atoms with van der Waals surface area (Å²) in [6.45, 7) is 0.0870. The summed E-state index contributed by atoms with van der Waals surface area (Å²) in [4.78, 5) is 24.5. The molecule has 0 spiro atoms. The Kier molecular flexibility index (Phi) is 7.46. The molecule has 1 aliphatic rings. The summed E-state index contributed by atoms with van der Waals surface area (Å²) in [5.74, 6) is -3.04. The molecular formula is C20H22F2O7. The van der Waals surface area contributed by atoms with Gasteiger partial charge < -0.3 is 24.8 Å². The van der Waals surface area contributed by atoms with Gasteiger partial charge in [0, 0.05) is 12.0 Å². The van der Waals surface area contributed by atoms with Gasteiger partial charge in [0.05, 0.1) is 6.10 Å². The van der Waals surface area contributed by atoms with Gasteiger partial charge in [-0.3, -0.25) is 4.79 Å². The molecule has 0 aromatic heterocycles. The molecule has 0 saturated carbocycles. The molecule has 29 heavy (non-hydrogen) atoms. The van der Waals surface area contributed by atoms with Crippen molar-refractivity contribution in [2.45, 2.75) is 45.2 Å². The third kappa shape index (κ3) is 5.85. The van der Waals surface area contributed by atoms with Gasteiger partial charge in [0.2, 0.25) is 0 Å². The minimum absolute atomic E-state index is 0.00567. The van der Waals surface area contributed by atoms with Crippen LogP contribution < -0.4 is 4.74 Å². The number of cyclic esters (lactones) is 1. The summed E-state index contributed by atoms with van der Waals surface area (Å²) in [7, 11) is 0. The van der Waals surface area contributed by atoms with Gasteiger partial charge in [-0.05, 0) is 31.1 Å². The Morgan fingerprint density at radius 1 is 1.17 bits per heavy atom. The Morgan fingerprint density at radius 3 is 2.52 bits per heavy atom. The Balaban J connectivity index is 2.50. The van der Waals surface area contributed by atoms with Crippen LogP contribution in [0.1, 0.15) is 36.2 Å². The van der Waals surface area contributed by atoms with Crippen LogP contribution in [0.15, 0.2) is 30.4 Å². The van der Waals surface area contributed by atoms with E-state index in [0.717, 1.165) is 18.2 Å². The molecular weight excluding hydrogens is 390 g/mol. The van der Waals surface area contributed by atoms with Crippen molar-refractivity contribution in [3.63, 3.8) is 0 Å². The number of phenolic OH excluding ortho intramolecular Hbond substituents is 1. The highest BCUT2D eigenvalue weighted by atomic mass is 19.3. The lowest BCUT2D eigenvalue weighted by Crippen LogP contribution is -2.32. The molecule has 9 heteroatoms. The lowest BCUT2D eigenvalue weighted by Gasteiger charge is -2.20. The molecule has 1 heterocycles. The van der Waals surface area contributed by atoms with Gasteiger partial charge in [-0.25, -0.2) is 4.79 Å². The highest BCUT2D eigenvalue weighted by Crippen LogP contribution is 2.31. The van der Waals surface area contributed by atoms with Crippen LogP contribution in [0.3, 0.4) is 0 Å². The normalized spacial score (nSPS) is 28.2. The first-order chi connectivity index (χ1) is 13.6. The average molecular weight is 412 g/mol. The maximum atomic E-state index is 12.6. The third-order valence-electron chi connectivity index (χ3n) is 4.48. The molecule has 0 fully saturated rings. The predicted molar refractivity (Wildman–Crippen MR) is 98.6 cm³/mol. The number of hydrogen-bond acceptors (Lipinski definition) is 7. The number of phenols is 1. The van der Waals surface area contributed by atoms with Crippen LogP contribution in [-0.2, 0) is 9.53 Å². The topological polar surface area (TPSA) is 113 Å². The number of ketones is 1. The van der Waals surface area contributed by atoms with E-state index in [9.17, 15) is 33.7 Å². The second-order valence-electron chi connectivity index (χ2n) is 6.67. The van der Waals surface area contributed by atoms with Gasteiger partial charge in [-0.1, -0.05) is 25.2 Å². The van der Waals surface area contributed by atoms with Gasteiger partial charge in [-0.15, -0.1) is 0 Å². The van der Waals surface area contributed by atoms with Gasteiger partial charge in [0.1, 0.15) is 29.3 Å². The molecule has 0 radical (unpaired) electrons. The Labute approximate surface area is 165 Å². The quantitative estimate of drug-likeness (QED) is 0.640. The summed E-state index contributed by atoms with van der Waals surface area (Å²) in [6, 6.07) is 1.97. The van der Waals surface area contributed by atoms with Crippen molar-refractivity contribution in [2.24, 2.45) is 5.92 Å². The van der Waals surface area contributed by atoms with E-state index >= 15 is 0 Å². The fourth-order valence-corrected chi connectivity index (χ4v) is 2.64. The number of rotatable bonds is 2. The predicted octanol–water partition coefficient (Wildman–Crippen LogP) is 2.44. The first-order valence-electron chi connectivity index (χ1n) is 8.87. The summed E-state index contributed by atoms with van der Waals surface area (Å²) >= 11 is 0. The van der Waals surface area contributed by atoms with Crippen molar-refractivity contribution >= 4 is 17.8 Å². The van der Waals surface area contributed by atoms with Crippen LogP contribution in [-0.4, -0.2) is 52.0 Å². The van der Waals surface area contributed by atoms with Crippen LogP contribution in [0.5, 0.6) is 11.5 Å². The van der Waals surface area contributed by atoms with Gasteiger partial charge >= 0.3 is 12.6 Å². The number of benzene rings is 1. The van der Waals surface area contributed by atoms with Gasteiger partial charge in [-0.2, -0.15) is 8.78 Å². The van der Waals surface area contributed by atoms with E-state index in [1.165, 1.54) is 18.2 Å². The van der Waals surface area contributed by atoms with Gasteiger partial charge in [0.15, 0.2) is 5.78 Å². The van der Waals surface area contributed by atoms with E-state index in [1.54, 1.807) is 13.8 Å². The molecule has 0 aliphatic carbocycles. The first kappa shape index (κ1) is 22.5. The maximum Gasteiger partial charge on any atom is 0.387 e. The van der Waals surface area contributed by atoms with E-state index < -0.39 is 48.3 Å². The van der Waals surface area contributed by atoms with E-state index in [-0.39, 0.29) is 23.3 Å². The second-order valence-corrected chi connectivity index (χ2v) is 6.67. The van der Waals surface area contributed by atoms with Crippen molar-refractivity contribution in [1.29, 1.82) is 0 Å². The lowest BCUT2D eigenvalue weighted by molar-refractivity contribution is -0.127. The number of aromatic hydroxyl groups is 1. The number of carbonyl (C=O) groups is 2. The van der Waals surface area contributed by atoms with Crippen molar-refractivity contribution in [2.75, 3.05) is 0 Å². The highest BCUT2D eigenvalue weighted by Gasteiger charge is 2.25. The molecule has 3 N–H and O–H groups in total. The van der Waals surface area contributed by atoms with Crippen molar-refractivity contribution < 1.29 is 43.2 Å². The monoisotopic (exact) mass is 412 g/mol. The zero-order valence-electron chi connectivity index (χ0n) is 15.8. The molecule has 4 atom stereocenters. The lowest BCUT2D eigenvalue weighted by atomic mass is 9.99. The molecule has 7 nitrogen and oxygen atoms in total. The van der Waals surface area contributed by atoms with E-state index in [1.807, 2.05) is 0 Å². The molecule has 1 aromatic rings. The van der Waals surface area contributed by atoms with Gasteiger partial charge in [0.25, 0.3) is 0 Å². The third-order valence-corrected chi connectivity index (χ3v) is 4.48. The molecule has 158 valence electrons. The summed E-state index contributed by atoms with van der Waals surface area (Å²) in [5, 5.41) is 30.1. The number of ether oxygens (including phenoxy) is 2. The summed E-state index contributed by atoms with van der Waals surface area (Å²) in [5.41, 5.74) is -0.264. The minimum atomic E-state index is -3.14. The van der Waals surface area contributed by atoms with Crippen molar-refractivity contribution in [3.05, 3.63) is 41.5 Å². The van der Waals surface area contributed by atoms with E-state index in [2.05, 4.69) is 4.74 Å². The number of aliphatic hydroxyl groups excluding tert-OH is 2. The number of esters is 1. The van der Waals surface area contributed by atoms with Crippen molar-refractivity contribution in [3.8, 4) is 11.5 Å². The molecule has 0 saturated heterocycles. The Morgan fingerprint density at radius 2 is 1.86 bits per heavy atom. The SMILES string of the molecule is C[C@@H]1/C=C\C(=O)[C@@H](O)[C@@H](O)C/C=C/c2cc(OC(F)F)cc(O)c2C(=O)O[C@H]1C. The van der Waals surface area contributed by atoms with Crippen LogP contribution in [0, 0.1) is 5.92 Å². The average Bonchev–Trinajstić information content (AvgIpc) is 2.63. The van der Waals surface area contributed by atoms with Crippen LogP contribution >= 0.6 is 0 Å². The molecule has 1 aromatic carbocycles. The second kappa shape index (κ2) is 9.62. The fraction of sp³-hybridized carbons (Fsp3) is 0.400. The van der Waals surface area contributed by atoms with Crippen LogP contribution in [0.4, 0.5) is 8.78 Å². The van der Waals surface area contributed by atoms with Crippen LogP contribution in [0.2, 0.25) is 0 Å². The Bertz CT molecular complexity index is 819. The molecule has 2 rings (SSSR count). The van der Waals surface area contributed by atoms with E-state index in [0.29, 0.717) is 0 Å². The summed E-state index contributed by atoms with van der Waals surface area (Å²) in [6.07, 6.45) is 1.14. The Hall–Kier alpha value is -2.78. The number of hydrogen-bond donors (Lipinski definition) is 3. The standard InChI is InChI=1S/C20H22F2O7/c1-10-6-7-15(24)18(26)14(23)5-3-4-12-8-13(29-20(21)22)9-16(25)17(12)19(27)28-11(10)2/h3-4,6-11,14,18,20,23,25-26H,5H2,1-2H3/b4-3+,7-6-/t10-,11+,14+,18+/m1/s1. The number of aliphatic hydroxyl groups is 2. The zero-order valence-corrected chi connectivity index (χ0v) is 15.8. The first-order valence-corrected chi connectivity index (χ1v) is 8.87. The van der Waals surface area contributed by atoms with Crippen molar-refractivity contribution in [1.82, 2.24) is 0 Å². The minimum Gasteiger partial charge on any atom is -0.507 e. The maximum absolute atomic E-state index is 12.6. The van der Waals surface area contributed by atoms with E-state index in [4.69, 9.17) is 4.74 Å². The smallest absolute Gasteiger partial charge is 0.387 e. The number of carbonyl (C=O) groups excluding carboxylic acids is 2. The fourth-order valence-electron chi connectivity index (χ4n) is 2.64. The highest BCUT2D eigenvalue weighted by molar-refractivity contribution is 5.97.